The molecule has 0 fully saturated rings. The molecule has 0 aliphatic carbocycles. The van der Waals surface area contributed by atoms with Gasteiger partial charge in [0.1, 0.15) is 11.5 Å². The molecule has 7 heteroatoms. The van der Waals surface area contributed by atoms with E-state index in [0.717, 1.165) is 11.3 Å². The maximum absolute atomic E-state index is 12.3. The molecule has 0 saturated heterocycles. The maximum Gasteiger partial charge on any atom is 0.266 e. The molecule has 0 saturated carbocycles. The van der Waals surface area contributed by atoms with Crippen LogP contribution in [-0.4, -0.2) is 24.1 Å². The minimum Gasteiger partial charge on any atom is -0.495 e. The Kier molecular flexibility index (Phi) is 5.75. The first kappa shape index (κ1) is 18.2. The van der Waals surface area contributed by atoms with Gasteiger partial charge in [0.05, 0.1) is 17.8 Å². The normalized spacial score (nSPS) is 11.7. The van der Waals surface area contributed by atoms with Gasteiger partial charge < -0.3 is 9.47 Å². The van der Waals surface area contributed by atoms with Gasteiger partial charge in [-0.3, -0.25) is 10.1 Å². The average Bonchev–Trinajstić information content (AvgIpc) is 3.11. The third kappa shape index (κ3) is 4.33. The Morgan fingerprint density at radius 2 is 2.00 bits per heavy atom. The Balaban J connectivity index is 1.66. The lowest BCUT2D eigenvalue weighted by atomic mass is 10.2. The molecule has 0 bridgehead atoms. The first-order valence-electron chi connectivity index (χ1n) is 7.89. The van der Waals surface area contributed by atoms with E-state index < -0.39 is 6.10 Å². The first-order valence-corrected chi connectivity index (χ1v) is 9.14. The molecule has 2 aromatic carbocycles. The average molecular weight is 389 g/mol. The highest BCUT2D eigenvalue weighted by molar-refractivity contribution is 7.14. The van der Waals surface area contributed by atoms with Crippen molar-refractivity contribution in [2.45, 2.75) is 13.0 Å². The number of hydrogen-bond donors (Lipinski definition) is 1. The molecule has 0 radical (unpaired) electrons. The summed E-state index contributed by atoms with van der Waals surface area (Å²) in [4.78, 5) is 16.7. The molecule has 0 aliphatic heterocycles. The summed E-state index contributed by atoms with van der Waals surface area (Å²) < 4.78 is 10.8. The van der Waals surface area contributed by atoms with Crippen LogP contribution in [0.4, 0.5) is 5.13 Å². The van der Waals surface area contributed by atoms with Crippen LogP contribution in [-0.2, 0) is 4.79 Å². The van der Waals surface area contributed by atoms with Crippen LogP contribution in [0.15, 0.2) is 53.9 Å². The van der Waals surface area contributed by atoms with Gasteiger partial charge in [-0.2, -0.15) is 0 Å². The first-order chi connectivity index (χ1) is 12.6. The minimum atomic E-state index is -0.639. The highest BCUT2D eigenvalue weighted by Gasteiger charge is 2.17. The third-order valence-electron chi connectivity index (χ3n) is 3.61. The van der Waals surface area contributed by atoms with Crippen molar-refractivity contribution in [2.75, 3.05) is 12.4 Å². The Bertz CT molecular complexity index is 899. The number of nitrogens with zero attached hydrogens (tertiary/aromatic N) is 1. The Labute approximate surface area is 160 Å². The van der Waals surface area contributed by atoms with E-state index in [0.29, 0.717) is 21.7 Å². The third-order valence-corrected chi connectivity index (χ3v) is 4.66. The predicted molar refractivity (Wildman–Crippen MR) is 104 cm³/mol. The standard InChI is InChI=1S/C19H17ClN2O3S/c1-12(25-14-6-4-3-5-7-14)18(23)22-19-21-16(11-26-19)13-8-9-17(24-2)15(20)10-13/h3-12H,1-2H3,(H,21,22,23). The summed E-state index contributed by atoms with van der Waals surface area (Å²) in [5.74, 6) is 0.983. The van der Waals surface area contributed by atoms with Gasteiger partial charge >= 0.3 is 0 Å². The lowest BCUT2D eigenvalue weighted by Crippen LogP contribution is -2.30. The SMILES string of the molecule is COc1ccc(-c2csc(NC(=O)C(C)Oc3ccccc3)n2)cc1Cl. The molecule has 3 rings (SSSR count). The van der Waals surface area contributed by atoms with E-state index in [1.165, 1.54) is 11.3 Å². The summed E-state index contributed by atoms with van der Waals surface area (Å²) in [5.41, 5.74) is 1.58. The van der Waals surface area contributed by atoms with Crippen molar-refractivity contribution in [3.8, 4) is 22.8 Å². The molecule has 0 aliphatic rings. The number of methoxy groups -OCH3 is 1. The van der Waals surface area contributed by atoms with E-state index in [1.54, 1.807) is 38.3 Å². The van der Waals surface area contributed by atoms with E-state index in [-0.39, 0.29) is 5.91 Å². The second-order valence-corrected chi connectivity index (χ2v) is 6.71. The Morgan fingerprint density at radius 1 is 1.23 bits per heavy atom. The fraction of sp³-hybridized carbons (Fsp3) is 0.158. The molecule has 1 aromatic heterocycles. The fourth-order valence-electron chi connectivity index (χ4n) is 2.25. The number of anilines is 1. The van der Waals surface area contributed by atoms with Crippen molar-refractivity contribution in [3.05, 3.63) is 58.9 Å². The Hall–Kier alpha value is -2.57. The molecule has 1 unspecified atom stereocenters. The van der Waals surface area contributed by atoms with E-state index in [1.807, 2.05) is 29.6 Å². The van der Waals surface area contributed by atoms with Crippen molar-refractivity contribution >= 4 is 34.0 Å². The number of aromatic nitrogens is 1. The van der Waals surface area contributed by atoms with Gasteiger partial charge in [-0.15, -0.1) is 11.3 Å². The van der Waals surface area contributed by atoms with Crippen molar-refractivity contribution in [1.29, 1.82) is 0 Å². The summed E-state index contributed by atoms with van der Waals surface area (Å²) in [6.07, 6.45) is -0.639. The number of carbonyl (C=O) groups excluding carboxylic acids is 1. The fourth-order valence-corrected chi connectivity index (χ4v) is 3.23. The van der Waals surface area contributed by atoms with Gasteiger partial charge in [0.15, 0.2) is 11.2 Å². The van der Waals surface area contributed by atoms with Crippen molar-refractivity contribution in [1.82, 2.24) is 4.98 Å². The van der Waals surface area contributed by atoms with Crippen LogP contribution in [0.2, 0.25) is 5.02 Å². The topological polar surface area (TPSA) is 60.5 Å². The highest BCUT2D eigenvalue weighted by Crippen LogP contribution is 2.31. The van der Waals surface area contributed by atoms with Crippen LogP contribution < -0.4 is 14.8 Å². The van der Waals surface area contributed by atoms with Gasteiger partial charge in [0.25, 0.3) is 5.91 Å². The quantitative estimate of drug-likeness (QED) is 0.653. The second-order valence-electron chi connectivity index (χ2n) is 5.45. The molecule has 5 nitrogen and oxygen atoms in total. The zero-order valence-electron chi connectivity index (χ0n) is 14.2. The van der Waals surface area contributed by atoms with Crippen molar-refractivity contribution < 1.29 is 14.3 Å². The van der Waals surface area contributed by atoms with Crippen LogP contribution >= 0.6 is 22.9 Å². The highest BCUT2D eigenvalue weighted by atomic mass is 35.5. The molecule has 1 atom stereocenters. The molecule has 26 heavy (non-hydrogen) atoms. The summed E-state index contributed by atoms with van der Waals surface area (Å²) in [5, 5.41) is 5.64. The number of rotatable bonds is 6. The number of halogens is 1. The molecular weight excluding hydrogens is 372 g/mol. The molecule has 1 heterocycles. The van der Waals surface area contributed by atoms with Crippen LogP contribution in [0.25, 0.3) is 11.3 Å². The van der Waals surface area contributed by atoms with Gasteiger partial charge in [-0.05, 0) is 37.3 Å². The number of nitrogens with one attached hydrogen (secondary N) is 1. The lowest BCUT2D eigenvalue weighted by Gasteiger charge is -2.13. The van der Waals surface area contributed by atoms with E-state index in [4.69, 9.17) is 21.1 Å². The van der Waals surface area contributed by atoms with E-state index in [2.05, 4.69) is 10.3 Å². The molecule has 1 N–H and O–H groups in total. The zero-order valence-corrected chi connectivity index (χ0v) is 15.8. The van der Waals surface area contributed by atoms with Crippen LogP contribution in [0.5, 0.6) is 11.5 Å². The number of amides is 1. The molecule has 1 amide bonds. The summed E-state index contributed by atoms with van der Waals surface area (Å²) >= 11 is 7.49. The van der Waals surface area contributed by atoms with Crippen LogP contribution in [0.3, 0.4) is 0 Å². The summed E-state index contributed by atoms with van der Waals surface area (Å²) in [6.45, 7) is 1.69. The molecule has 0 spiro atoms. The van der Waals surface area contributed by atoms with Gasteiger partial charge in [-0.1, -0.05) is 29.8 Å². The van der Waals surface area contributed by atoms with Gasteiger partial charge in [0.2, 0.25) is 0 Å². The van der Waals surface area contributed by atoms with Gasteiger partial charge in [0, 0.05) is 10.9 Å². The molecule has 3 aromatic rings. The lowest BCUT2D eigenvalue weighted by molar-refractivity contribution is -0.122. The van der Waals surface area contributed by atoms with E-state index in [9.17, 15) is 4.79 Å². The second kappa shape index (κ2) is 8.21. The largest absolute Gasteiger partial charge is 0.495 e. The van der Waals surface area contributed by atoms with Crippen molar-refractivity contribution in [2.24, 2.45) is 0 Å². The maximum atomic E-state index is 12.3. The van der Waals surface area contributed by atoms with Gasteiger partial charge in [-0.25, -0.2) is 4.98 Å². The Morgan fingerprint density at radius 3 is 2.69 bits per heavy atom. The summed E-state index contributed by atoms with van der Waals surface area (Å²) in [6, 6.07) is 14.6. The zero-order chi connectivity index (χ0) is 18.5. The minimum absolute atomic E-state index is 0.262. The van der Waals surface area contributed by atoms with E-state index >= 15 is 0 Å². The number of hydrogen-bond acceptors (Lipinski definition) is 5. The predicted octanol–water partition coefficient (Wildman–Crippen LogP) is 4.88. The number of carbonyl (C=O) groups is 1. The number of benzene rings is 2. The monoisotopic (exact) mass is 388 g/mol. The molecular formula is C19H17ClN2O3S. The number of para-hydroxylation sites is 1. The van der Waals surface area contributed by atoms with Crippen molar-refractivity contribution in [3.63, 3.8) is 0 Å². The number of thiazole rings is 1. The molecule has 134 valence electrons. The number of ether oxygens (including phenoxy) is 2. The van der Waals surface area contributed by atoms with Crippen LogP contribution in [0, 0.1) is 0 Å². The van der Waals surface area contributed by atoms with Crippen LogP contribution in [0.1, 0.15) is 6.92 Å². The smallest absolute Gasteiger partial charge is 0.266 e. The summed E-state index contributed by atoms with van der Waals surface area (Å²) in [7, 11) is 1.57.